The van der Waals surface area contributed by atoms with Crippen LogP contribution in [0.3, 0.4) is 0 Å². The highest BCUT2D eigenvalue weighted by atomic mass is 35.5. The quantitative estimate of drug-likeness (QED) is 0.920. The van der Waals surface area contributed by atoms with Crippen LogP contribution in [0.2, 0.25) is 5.02 Å². The minimum absolute atomic E-state index is 0.322. The van der Waals surface area contributed by atoms with Crippen molar-refractivity contribution >= 4 is 23.2 Å². The molecular weight excluding hydrogens is 268 g/mol. The number of halogens is 1. The third kappa shape index (κ3) is 2.45. The van der Waals surface area contributed by atoms with Crippen molar-refractivity contribution in [2.24, 2.45) is 5.41 Å². The van der Waals surface area contributed by atoms with E-state index >= 15 is 0 Å². The van der Waals surface area contributed by atoms with E-state index in [4.69, 9.17) is 26.3 Å². The van der Waals surface area contributed by atoms with Crippen molar-refractivity contribution in [1.29, 1.82) is 5.26 Å². The second-order valence-electron chi connectivity index (χ2n) is 4.34. The number of nitriles is 1. The van der Waals surface area contributed by atoms with E-state index in [9.17, 15) is 4.79 Å². The van der Waals surface area contributed by atoms with Gasteiger partial charge in [0.2, 0.25) is 5.91 Å². The van der Waals surface area contributed by atoms with Gasteiger partial charge >= 0.3 is 0 Å². The molecule has 0 atom stereocenters. The number of benzene rings is 1. The lowest BCUT2D eigenvalue weighted by Gasteiger charge is -2.14. The molecule has 2 rings (SSSR count). The van der Waals surface area contributed by atoms with Crippen LogP contribution in [-0.2, 0) is 4.79 Å². The molecule has 0 aliphatic heterocycles. The highest BCUT2D eigenvalue weighted by Crippen LogP contribution is 2.46. The van der Waals surface area contributed by atoms with Crippen LogP contribution in [0.15, 0.2) is 12.1 Å². The van der Waals surface area contributed by atoms with Crippen LogP contribution in [0.5, 0.6) is 11.5 Å². The van der Waals surface area contributed by atoms with Crippen LogP contribution in [0.4, 0.5) is 5.69 Å². The lowest BCUT2D eigenvalue weighted by molar-refractivity contribution is -0.119. The van der Waals surface area contributed by atoms with E-state index in [-0.39, 0.29) is 5.91 Å². The average Bonchev–Trinajstić information content (AvgIpc) is 3.21. The number of rotatable bonds is 4. The van der Waals surface area contributed by atoms with Crippen molar-refractivity contribution in [2.75, 3.05) is 19.5 Å². The summed E-state index contributed by atoms with van der Waals surface area (Å²) in [6.45, 7) is 0. The standard InChI is InChI=1S/C13H13ClN2O3/c1-18-10-6-9(11(19-2)5-8(10)14)16-12(17)13(7-15)3-4-13/h5-6H,3-4H2,1-2H3,(H,16,17). The van der Waals surface area contributed by atoms with Crippen LogP contribution in [0.25, 0.3) is 0 Å². The summed E-state index contributed by atoms with van der Waals surface area (Å²) in [5, 5.41) is 12.1. The molecule has 0 heterocycles. The highest BCUT2D eigenvalue weighted by Gasteiger charge is 2.50. The van der Waals surface area contributed by atoms with Gasteiger partial charge in [-0.25, -0.2) is 0 Å². The number of anilines is 1. The second-order valence-corrected chi connectivity index (χ2v) is 4.74. The van der Waals surface area contributed by atoms with E-state index in [0.29, 0.717) is 35.1 Å². The normalized spacial score (nSPS) is 15.3. The van der Waals surface area contributed by atoms with Crippen LogP contribution in [0.1, 0.15) is 12.8 Å². The summed E-state index contributed by atoms with van der Waals surface area (Å²) in [6.07, 6.45) is 1.17. The summed E-state index contributed by atoms with van der Waals surface area (Å²) < 4.78 is 10.2. The predicted octanol–water partition coefficient (Wildman–Crippen LogP) is 2.60. The van der Waals surface area contributed by atoms with E-state index < -0.39 is 5.41 Å². The van der Waals surface area contributed by atoms with E-state index in [2.05, 4.69) is 5.32 Å². The molecule has 19 heavy (non-hydrogen) atoms. The van der Waals surface area contributed by atoms with Crippen LogP contribution in [0, 0.1) is 16.7 Å². The molecule has 1 aliphatic rings. The number of hydrogen-bond acceptors (Lipinski definition) is 4. The maximum atomic E-state index is 12.0. The van der Waals surface area contributed by atoms with Gasteiger partial charge in [-0.3, -0.25) is 4.79 Å². The molecule has 0 radical (unpaired) electrons. The van der Waals surface area contributed by atoms with Gasteiger partial charge in [-0.1, -0.05) is 11.6 Å². The van der Waals surface area contributed by atoms with Gasteiger partial charge in [-0.05, 0) is 12.8 Å². The zero-order chi connectivity index (χ0) is 14.0. The molecule has 0 unspecified atom stereocenters. The Bertz CT molecular complexity index is 562. The first-order valence-corrected chi connectivity index (χ1v) is 6.08. The summed E-state index contributed by atoms with van der Waals surface area (Å²) in [4.78, 5) is 12.0. The van der Waals surface area contributed by atoms with Gasteiger partial charge in [0, 0.05) is 12.1 Å². The maximum absolute atomic E-state index is 12.0. The number of methoxy groups -OCH3 is 2. The van der Waals surface area contributed by atoms with Gasteiger partial charge in [-0.15, -0.1) is 0 Å². The number of carbonyl (C=O) groups excluding carboxylic acids is 1. The Hall–Kier alpha value is -1.93. The van der Waals surface area contributed by atoms with Crippen molar-refractivity contribution in [2.45, 2.75) is 12.8 Å². The highest BCUT2D eigenvalue weighted by molar-refractivity contribution is 6.32. The number of amides is 1. The van der Waals surface area contributed by atoms with Gasteiger partial charge in [0.1, 0.15) is 16.9 Å². The summed E-state index contributed by atoms with van der Waals surface area (Å²) in [5.41, 5.74) is -0.451. The Balaban J connectivity index is 2.29. The van der Waals surface area contributed by atoms with Gasteiger partial charge in [0.25, 0.3) is 0 Å². The number of hydrogen-bond donors (Lipinski definition) is 1. The Morgan fingerprint density at radius 2 is 2.00 bits per heavy atom. The Morgan fingerprint density at radius 1 is 1.37 bits per heavy atom. The first kappa shape index (κ1) is 13.5. The topological polar surface area (TPSA) is 71.3 Å². The van der Waals surface area contributed by atoms with Crippen molar-refractivity contribution in [3.8, 4) is 17.6 Å². The third-order valence-corrected chi connectivity index (χ3v) is 3.42. The zero-order valence-corrected chi connectivity index (χ0v) is 11.4. The monoisotopic (exact) mass is 280 g/mol. The molecule has 0 bridgehead atoms. The molecular formula is C13H13ClN2O3. The summed E-state index contributed by atoms with van der Waals surface area (Å²) in [5.74, 6) is 0.533. The number of nitrogens with one attached hydrogen (secondary N) is 1. The summed E-state index contributed by atoms with van der Waals surface area (Å²) in [7, 11) is 2.96. The molecule has 1 aromatic rings. The van der Waals surface area contributed by atoms with Crippen LogP contribution < -0.4 is 14.8 Å². The van der Waals surface area contributed by atoms with Gasteiger partial charge in [0.15, 0.2) is 0 Å². The molecule has 1 amide bonds. The van der Waals surface area contributed by atoms with E-state index in [1.54, 1.807) is 12.1 Å². The molecule has 1 aromatic carbocycles. The lowest BCUT2D eigenvalue weighted by Crippen LogP contribution is -2.23. The average molecular weight is 281 g/mol. The second kappa shape index (κ2) is 4.98. The van der Waals surface area contributed by atoms with Crippen molar-refractivity contribution in [3.05, 3.63) is 17.2 Å². The Labute approximate surface area is 116 Å². The molecule has 6 heteroatoms. The van der Waals surface area contributed by atoms with Crippen LogP contribution >= 0.6 is 11.6 Å². The van der Waals surface area contributed by atoms with Crippen molar-refractivity contribution < 1.29 is 14.3 Å². The zero-order valence-electron chi connectivity index (χ0n) is 10.6. The van der Waals surface area contributed by atoms with E-state index in [1.807, 2.05) is 6.07 Å². The molecule has 5 nitrogen and oxygen atoms in total. The molecule has 1 fully saturated rings. The molecule has 0 saturated heterocycles. The summed E-state index contributed by atoms with van der Waals surface area (Å²) in [6, 6.07) is 5.17. The fourth-order valence-corrected chi connectivity index (χ4v) is 1.95. The molecule has 1 aliphatic carbocycles. The molecule has 100 valence electrons. The SMILES string of the molecule is COc1cc(NC(=O)C2(C#N)CC2)c(OC)cc1Cl. The largest absolute Gasteiger partial charge is 0.495 e. The first-order chi connectivity index (χ1) is 9.06. The van der Waals surface area contributed by atoms with Gasteiger partial charge in [-0.2, -0.15) is 5.26 Å². The Morgan fingerprint density at radius 3 is 2.47 bits per heavy atom. The predicted molar refractivity (Wildman–Crippen MR) is 70.5 cm³/mol. The fraction of sp³-hybridized carbons (Fsp3) is 0.385. The molecule has 1 saturated carbocycles. The molecule has 0 aromatic heterocycles. The third-order valence-electron chi connectivity index (χ3n) is 3.12. The maximum Gasteiger partial charge on any atom is 0.244 e. The fourth-order valence-electron chi connectivity index (χ4n) is 1.71. The summed E-state index contributed by atoms with van der Waals surface area (Å²) >= 11 is 5.98. The van der Waals surface area contributed by atoms with Gasteiger partial charge < -0.3 is 14.8 Å². The van der Waals surface area contributed by atoms with Gasteiger partial charge in [0.05, 0.1) is 31.0 Å². The lowest BCUT2D eigenvalue weighted by atomic mass is 10.1. The van der Waals surface area contributed by atoms with E-state index in [0.717, 1.165) is 0 Å². The smallest absolute Gasteiger partial charge is 0.244 e. The van der Waals surface area contributed by atoms with Crippen molar-refractivity contribution in [1.82, 2.24) is 0 Å². The van der Waals surface area contributed by atoms with E-state index in [1.165, 1.54) is 14.2 Å². The molecule has 1 N–H and O–H groups in total. The van der Waals surface area contributed by atoms with Crippen molar-refractivity contribution in [3.63, 3.8) is 0 Å². The number of ether oxygens (including phenoxy) is 2. The van der Waals surface area contributed by atoms with Crippen LogP contribution in [-0.4, -0.2) is 20.1 Å². The minimum Gasteiger partial charge on any atom is -0.495 e. The first-order valence-electron chi connectivity index (χ1n) is 5.70. The molecule has 0 spiro atoms. The Kier molecular flexibility index (Phi) is 3.54. The number of nitrogens with zero attached hydrogens (tertiary/aromatic N) is 1. The minimum atomic E-state index is -0.891. The number of carbonyl (C=O) groups is 1.